The van der Waals surface area contributed by atoms with E-state index in [2.05, 4.69) is 20.0 Å². The van der Waals surface area contributed by atoms with Crippen molar-refractivity contribution >= 4 is 27.3 Å². The molecule has 0 atom stereocenters. The van der Waals surface area contributed by atoms with Crippen LogP contribution in [0.1, 0.15) is 5.69 Å². The number of benzene rings is 1. The molecule has 0 aliphatic carbocycles. The number of nitrogens with one attached hydrogen (secondary N) is 2. The summed E-state index contributed by atoms with van der Waals surface area (Å²) in [7, 11) is -3.56. The van der Waals surface area contributed by atoms with Crippen molar-refractivity contribution in [3.8, 4) is 10.6 Å². The summed E-state index contributed by atoms with van der Waals surface area (Å²) >= 11 is 1.45. The van der Waals surface area contributed by atoms with Crippen molar-refractivity contribution in [1.29, 1.82) is 0 Å². The largest absolute Gasteiger partial charge is 0.354 e. The summed E-state index contributed by atoms with van der Waals surface area (Å²) in [6.45, 7) is 0.311. The average Bonchev–Trinajstić information content (AvgIpc) is 3.15. The van der Waals surface area contributed by atoms with Crippen molar-refractivity contribution in [2.24, 2.45) is 0 Å². The van der Waals surface area contributed by atoms with Gasteiger partial charge in [0, 0.05) is 36.4 Å². The van der Waals surface area contributed by atoms with Gasteiger partial charge in [0.15, 0.2) is 0 Å². The minimum Gasteiger partial charge on any atom is -0.354 e. The molecule has 3 rings (SSSR count). The minimum atomic E-state index is -3.56. The van der Waals surface area contributed by atoms with Crippen LogP contribution in [-0.2, 0) is 21.2 Å². The first kappa shape index (κ1) is 19.2. The Hall–Kier alpha value is -2.62. The van der Waals surface area contributed by atoms with Crippen LogP contribution in [0.5, 0.6) is 0 Å². The summed E-state index contributed by atoms with van der Waals surface area (Å²) in [5.41, 5.74) is 1.57. The second-order valence-corrected chi connectivity index (χ2v) is 8.25. The third-order valence-corrected chi connectivity index (χ3v) is 6.01. The van der Waals surface area contributed by atoms with Gasteiger partial charge in [-0.05, 0) is 24.3 Å². The van der Waals surface area contributed by atoms with Gasteiger partial charge in [0.2, 0.25) is 15.9 Å². The number of amides is 1. The molecule has 0 aliphatic rings. The molecule has 2 heterocycles. The van der Waals surface area contributed by atoms with Crippen LogP contribution in [0.3, 0.4) is 0 Å². The zero-order valence-corrected chi connectivity index (χ0v) is 16.0. The van der Waals surface area contributed by atoms with E-state index in [1.165, 1.54) is 23.5 Å². The van der Waals surface area contributed by atoms with Crippen molar-refractivity contribution in [2.45, 2.75) is 11.3 Å². The number of rotatable bonds is 8. The maximum absolute atomic E-state index is 12.1. The van der Waals surface area contributed by atoms with E-state index >= 15 is 0 Å². The highest BCUT2D eigenvalue weighted by Gasteiger charge is 2.13. The van der Waals surface area contributed by atoms with Gasteiger partial charge in [0.05, 0.1) is 17.0 Å². The lowest BCUT2D eigenvalue weighted by Gasteiger charge is -2.07. The number of carbonyl (C=O) groups excluding carboxylic acids is 1. The van der Waals surface area contributed by atoms with E-state index in [9.17, 15) is 13.2 Å². The summed E-state index contributed by atoms with van der Waals surface area (Å²) in [6, 6.07) is 11.8. The Morgan fingerprint density at radius 2 is 1.89 bits per heavy atom. The molecule has 3 aromatic rings. The number of thiazole rings is 1. The molecule has 27 heavy (non-hydrogen) atoms. The smallest absolute Gasteiger partial charge is 0.240 e. The van der Waals surface area contributed by atoms with Crippen LogP contribution in [0.4, 0.5) is 0 Å². The molecule has 2 aromatic heterocycles. The Labute approximate surface area is 161 Å². The van der Waals surface area contributed by atoms with Crippen LogP contribution in [0.15, 0.2) is 65.1 Å². The van der Waals surface area contributed by atoms with Crippen molar-refractivity contribution in [2.75, 3.05) is 13.1 Å². The van der Waals surface area contributed by atoms with E-state index in [0.29, 0.717) is 5.69 Å². The summed E-state index contributed by atoms with van der Waals surface area (Å²) in [5.74, 6) is -0.211. The third kappa shape index (κ3) is 5.43. The summed E-state index contributed by atoms with van der Waals surface area (Å²) in [5, 5.41) is 5.33. The number of pyridine rings is 1. The van der Waals surface area contributed by atoms with Gasteiger partial charge in [-0.2, -0.15) is 0 Å². The van der Waals surface area contributed by atoms with Gasteiger partial charge in [0.25, 0.3) is 0 Å². The van der Waals surface area contributed by atoms with Crippen molar-refractivity contribution in [1.82, 2.24) is 20.0 Å². The van der Waals surface area contributed by atoms with E-state index < -0.39 is 10.0 Å². The van der Waals surface area contributed by atoms with Crippen molar-refractivity contribution < 1.29 is 13.2 Å². The standard InChI is InChI=1S/C18H18N4O3S2/c23-17(11-15-13-26-18(22-15)14-5-4-8-19-12-14)20-9-10-21-27(24,25)16-6-2-1-3-7-16/h1-8,12-13,21H,9-11H2,(H,20,23). The van der Waals surface area contributed by atoms with E-state index in [1.807, 2.05) is 17.5 Å². The van der Waals surface area contributed by atoms with E-state index in [-0.39, 0.29) is 30.3 Å². The molecule has 0 radical (unpaired) electrons. The zero-order chi connectivity index (χ0) is 19.1. The molecule has 9 heteroatoms. The van der Waals surface area contributed by atoms with Crippen molar-refractivity contribution in [3.63, 3.8) is 0 Å². The van der Waals surface area contributed by atoms with Crippen LogP contribution in [0, 0.1) is 0 Å². The van der Waals surface area contributed by atoms with Crippen molar-refractivity contribution in [3.05, 3.63) is 65.9 Å². The SMILES string of the molecule is O=C(Cc1csc(-c2cccnc2)n1)NCCNS(=O)(=O)c1ccccc1. The van der Waals surface area contributed by atoms with E-state index in [1.54, 1.807) is 30.6 Å². The molecule has 0 saturated carbocycles. The second-order valence-electron chi connectivity index (χ2n) is 5.62. The number of aromatic nitrogens is 2. The topological polar surface area (TPSA) is 101 Å². The summed E-state index contributed by atoms with van der Waals surface area (Å²) in [6.07, 6.45) is 3.56. The normalized spacial score (nSPS) is 11.3. The Bertz CT molecular complexity index is 990. The van der Waals surface area contributed by atoms with Gasteiger partial charge in [-0.3, -0.25) is 9.78 Å². The van der Waals surface area contributed by atoms with Gasteiger partial charge in [0.1, 0.15) is 5.01 Å². The lowest BCUT2D eigenvalue weighted by molar-refractivity contribution is -0.120. The Morgan fingerprint density at radius 1 is 1.07 bits per heavy atom. The zero-order valence-electron chi connectivity index (χ0n) is 14.3. The molecular formula is C18H18N4O3S2. The molecule has 0 bridgehead atoms. The summed E-state index contributed by atoms with van der Waals surface area (Å²) in [4.78, 5) is 20.7. The molecule has 0 aliphatic heterocycles. The number of hydrogen-bond acceptors (Lipinski definition) is 6. The third-order valence-electron chi connectivity index (χ3n) is 3.59. The highest BCUT2D eigenvalue weighted by Crippen LogP contribution is 2.22. The Kier molecular flexibility index (Phi) is 6.28. The molecule has 2 N–H and O–H groups in total. The highest BCUT2D eigenvalue weighted by molar-refractivity contribution is 7.89. The molecule has 7 nitrogen and oxygen atoms in total. The molecular weight excluding hydrogens is 384 g/mol. The quantitative estimate of drug-likeness (QED) is 0.560. The predicted octanol–water partition coefficient (Wildman–Crippen LogP) is 1.84. The Balaban J connectivity index is 1.45. The fourth-order valence-corrected chi connectivity index (χ4v) is 4.17. The minimum absolute atomic E-state index is 0.112. The Morgan fingerprint density at radius 3 is 2.63 bits per heavy atom. The number of carbonyl (C=O) groups is 1. The first-order chi connectivity index (χ1) is 13.0. The number of hydrogen-bond donors (Lipinski definition) is 2. The first-order valence-corrected chi connectivity index (χ1v) is 10.6. The van der Waals surface area contributed by atoms with Gasteiger partial charge in [-0.25, -0.2) is 18.1 Å². The predicted molar refractivity (Wildman–Crippen MR) is 104 cm³/mol. The lowest BCUT2D eigenvalue weighted by atomic mass is 10.3. The average molecular weight is 403 g/mol. The monoisotopic (exact) mass is 402 g/mol. The van der Waals surface area contributed by atoms with Gasteiger partial charge < -0.3 is 5.32 Å². The molecule has 1 aromatic carbocycles. The second kappa shape index (κ2) is 8.85. The highest BCUT2D eigenvalue weighted by atomic mass is 32.2. The van der Waals surface area contributed by atoms with Crippen LogP contribution < -0.4 is 10.0 Å². The van der Waals surface area contributed by atoms with Crippen LogP contribution in [-0.4, -0.2) is 37.4 Å². The fraction of sp³-hybridized carbons (Fsp3) is 0.167. The molecule has 0 saturated heterocycles. The van der Waals surface area contributed by atoms with Gasteiger partial charge >= 0.3 is 0 Å². The van der Waals surface area contributed by atoms with Crippen LogP contribution >= 0.6 is 11.3 Å². The maximum Gasteiger partial charge on any atom is 0.240 e. The van der Waals surface area contributed by atoms with E-state index in [4.69, 9.17) is 0 Å². The molecule has 140 valence electrons. The maximum atomic E-state index is 12.1. The van der Waals surface area contributed by atoms with Crippen LogP contribution in [0.25, 0.3) is 10.6 Å². The molecule has 0 fully saturated rings. The molecule has 0 unspecified atom stereocenters. The van der Waals surface area contributed by atoms with E-state index in [0.717, 1.165) is 10.6 Å². The van der Waals surface area contributed by atoms with Crippen LogP contribution in [0.2, 0.25) is 0 Å². The fourth-order valence-electron chi connectivity index (χ4n) is 2.31. The van der Waals surface area contributed by atoms with Gasteiger partial charge in [-0.15, -0.1) is 11.3 Å². The summed E-state index contributed by atoms with van der Waals surface area (Å²) < 4.78 is 26.6. The molecule has 0 spiro atoms. The number of nitrogens with zero attached hydrogens (tertiary/aromatic N) is 2. The number of sulfonamides is 1. The first-order valence-electron chi connectivity index (χ1n) is 8.21. The molecule has 1 amide bonds. The van der Waals surface area contributed by atoms with Gasteiger partial charge in [-0.1, -0.05) is 18.2 Å². The lowest BCUT2D eigenvalue weighted by Crippen LogP contribution is -2.35.